The number of rotatable bonds is 3. The van der Waals surface area contributed by atoms with E-state index in [1.165, 1.54) is 5.56 Å². The Morgan fingerprint density at radius 2 is 2.10 bits per heavy atom. The second kappa shape index (κ2) is 5.09. The summed E-state index contributed by atoms with van der Waals surface area (Å²) >= 11 is 0. The Labute approximate surface area is 118 Å². The van der Waals surface area contributed by atoms with E-state index < -0.39 is 0 Å². The van der Waals surface area contributed by atoms with Crippen molar-refractivity contribution in [2.45, 2.75) is 25.9 Å². The topological polar surface area (TPSA) is 64.2 Å². The summed E-state index contributed by atoms with van der Waals surface area (Å²) in [7, 11) is 0. The molecular weight excluding hydrogens is 252 g/mol. The smallest absolute Gasteiger partial charge is 0.228 e. The number of amides is 1. The summed E-state index contributed by atoms with van der Waals surface area (Å²) < 4.78 is 2.09. The third kappa shape index (κ3) is 2.44. The zero-order valence-electron chi connectivity index (χ0n) is 11.5. The number of hydrogen-bond acceptors (Lipinski definition) is 3. The summed E-state index contributed by atoms with van der Waals surface area (Å²) in [5, 5.41) is 0. The Bertz CT molecular complexity index is 617. The molecule has 1 saturated heterocycles. The Hall–Kier alpha value is -2.14. The molecule has 1 fully saturated rings. The van der Waals surface area contributed by atoms with E-state index >= 15 is 0 Å². The number of nitrogens with zero attached hydrogens (tertiary/aromatic N) is 3. The average Bonchev–Trinajstić information content (AvgIpc) is 2.97. The molecule has 1 amide bonds. The predicted octanol–water partition coefficient (Wildman–Crippen LogP) is 1.30. The van der Waals surface area contributed by atoms with E-state index in [1.54, 1.807) is 11.1 Å². The Morgan fingerprint density at radius 3 is 2.65 bits per heavy atom. The van der Waals surface area contributed by atoms with E-state index in [-0.39, 0.29) is 11.9 Å². The van der Waals surface area contributed by atoms with Crippen LogP contribution in [0, 0.1) is 6.92 Å². The Balaban J connectivity index is 1.75. The lowest BCUT2D eigenvalue weighted by atomic mass is 10.2. The van der Waals surface area contributed by atoms with Crippen LogP contribution in [0.1, 0.15) is 17.8 Å². The van der Waals surface area contributed by atoms with Gasteiger partial charge in [-0.1, -0.05) is 12.1 Å². The van der Waals surface area contributed by atoms with E-state index in [4.69, 9.17) is 5.73 Å². The minimum absolute atomic E-state index is 0.0456. The lowest BCUT2D eigenvalue weighted by molar-refractivity contribution is -0.117. The van der Waals surface area contributed by atoms with Crippen molar-refractivity contribution in [1.82, 2.24) is 9.55 Å². The maximum atomic E-state index is 11.8. The fourth-order valence-electron chi connectivity index (χ4n) is 2.53. The molecule has 5 nitrogen and oxygen atoms in total. The number of anilines is 1. The minimum atomic E-state index is -0.0456. The van der Waals surface area contributed by atoms with Crippen LogP contribution in [0.3, 0.4) is 0 Å². The fraction of sp³-hybridized carbons (Fsp3) is 0.333. The molecule has 2 heterocycles. The van der Waals surface area contributed by atoms with Crippen molar-refractivity contribution in [2.24, 2.45) is 5.73 Å². The number of carbonyl (C=O) groups excluding carboxylic acids is 1. The van der Waals surface area contributed by atoms with Gasteiger partial charge in [0.1, 0.15) is 5.82 Å². The minimum Gasteiger partial charge on any atom is -0.331 e. The summed E-state index contributed by atoms with van der Waals surface area (Å²) in [6, 6.07) is 8.02. The molecule has 2 aromatic rings. The third-order valence-corrected chi connectivity index (χ3v) is 3.68. The summed E-state index contributed by atoms with van der Waals surface area (Å²) in [6.45, 7) is 3.39. The van der Waals surface area contributed by atoms with Crippen LogP contribution in [-0.2, 0) is 11.3 Å². The first-order valence-corrected chi connectivity index (χ1v) is 6.76. The van der Waals surface area contributed by atoms with Gasteiger partial charge in [0.25, 0.3) is 0 Å². The second-order valence-corrected chi connectivity index (χ2v) is 5.24. The van der Waals surface area contributed by atoms with Gasteiger partial charge in [-0.25, -0.2) is 4.98 Å². The zero-order chi connectivity index (χ0) is 14.1. The molecule has 0 saturated carbocycles. The monoisotopic (exact) mass is 270 g/mol. The van der Waals surface area contributed by atoms with E-state index in [9.17, 15) is 4.79 Å². The number of hydrogen-bond donors (Lipinski definition) is 1. The van der Waals surface area contributed by atoms with Crippen molar-refractivity contribution in [3.8, 4) is 0 Å². The van der Waals surface area contributed by atoms with Gasteiger partial charge in [0.15, 0.2) is 0 Å². The van der Waals surface area contributed by atoms with Crippen LogP contribution >= 0.6 is 0 Å². The fourth-order valence-corrected chi connectivity index (χ4v) is 2.53. The first-order valence-electron chi connectivity index (χ1n) is 6.76. The molecule has 1 aromatic heterocycles. The van der Waals surface area contributed by atoms with Gasteiger partial charge in [0.2, 0.25) is 5.91 Å². The first-order chi connectivity index (χ1) is 9.63. The maximum Gasteiger partial charge on any atom is 0.228 e. The van der Waals surface area contributed by atoms with Crippen LogP contribution < -0.4 is 10.6 Å². The van der Waals surface area contributed by atoms with Gasteiger partial charge >= 0.3 is 0 Å². The van der Waals surface area contributed by atoms with Crippen molar-refractivity contribution in [3.05, 3.63) is 48.0 Å². The Morgan fingerprint density at radius 1 is 1.35 bits per heavy atom. The molecule has 1 aromatic carbocycles. The van der Waals surface area contributed by atoms with Crippen molar-refractivity contribution in [1.29, 1.82) is 0 Å². The lowest BCUT2D eigenvalue weighted by Gasteiger charge is -2.16. The summed E-state index contributed by atoms with van der Waals surface area (Å²) in [4.78, 5) is 17.8. The second-order valence-electron chi connectivity index (χ2n) is 5.24. The summed E-state index contributed by atoms with van der Waals surface area (Å²) in [6.07, 6.45) is 4.20. The molecule has 20 heavy (non-hydrogen) atoms. The van der Waals surface area contributed by atoms with Crippen molar-refractivity contribution in [2.75, 3.05) is 11.4 Å². The standard InChI is InChI=1S/C15H18N4O/c1-11-17-6-7-18(11)9-12-2-4-14(5-3-12)19-10-13(16)8-15(19)20/h2-7,13H,8-10,16H2,1H3. The number of aryl methyl sites for hydroxylation is 1. The third-order valence-electron chi connectivity index (χ3n) is 3.68. The number of carbonyl (C=O) groups is 1. The van der Waals surface area contributed by atoms with Gasteiger partial charge in [0, 0.05) is 43.6 Å². The van der Waals surface area contributed by atoms with Gasteiger partial charge in [0.05, 0.1) is 0 Å². The molecule has 1 atom stereocenters. The lowest BCUT2D eigenvalue weighted by Crippen LogP contribution is -2.27. The van der Waals surface area contributed by atoms with Crippen LogP contribution in [0.5, 0.6) is 0 Å². The number of aromatic nitrogens is 2. The van der Waals surface area contributed by atoms with Gasteiger partial charge < -0.3 is 15.2 Å². The zero-order valence-corrected chi connectivity index (χ0v) is 11.5. The molecule has 3 rings (SSSR count). The molecule has 0 bridgehead atoms. The van der Waals surface area contributed by atoms with Crippen LogP contribution in [0.4, 0.5) is 5.69 Å². The molecule has 5 heteroatoms. The van der Waals surface area contributed by atoms with E-state index in [0.717, 1.165) is 18.1 Å². The highest BCUT2D eigenvalue weighted by atomic mass is 16.2. The average molecular weight is 270 g/mol. The van der Waals surface area contributed by atoms with Gasteiger partial charge in [-0.15, -0.1) is 0 Å². The Kier molecular flexibility index (Phi) is 3.28. The van der Waals surface area contributed by atoms with Crippen molar-refractivity contribution in [3.63, 3.8) is 0 Å². The van der Waals surface area contributed by atoms with Crippen LogP contribution in [0.25, 0.3) is 0 Å². The maximum absolute atomic E-state index is 11.8. The van der Waals surface area contributed by atoms with Gasteiger partial charge in [-0.05, 0) is 24.6 Å². The van der Waals surface area contributed by atoms with Gasteiger partial charge in [-0.3, -0.25) is 4.79 Å². The van der Waals surface area contributed by atoms with Crippen LogP contribution in [0.2, 0.25) is 0 Å². The summed E-state index contributed by atoms with van der Waals surface area (Å²) in [5.41, 5.74) is 7.93. The number of nitrogens with two attached hydrogens (primary N) is 1. The van der Waals surface area contributed by atoms with E-state index in [0.29, 0.717) is 13.0 Å². The molecule has 1 aliphatic rings. The summed E-state index contributed by atoms with van der Waals surface area (Å²) in [5.74, 6) is 1.10. The molecule has 1 unspecified atom stereocenters. The molecule has 2 N–H and O–H groups in total. The van der Waals surface area contributed by atoms with Crippen LogP contribution in [-0.4, -0.2) is 28.0 Å². The molecule has 0 spiro atoms. The molecule has 0 aliphatic carbocycles. The number of imidazole rings is 1. The molecule has 104 valence electrons. The van der Waals surface area contributed by atoms with Crippen molar-refractivity contribution < 1.29 is 4.79 Å². The highest BCUT2D eigenvalue weighted by Crippen LogP contribution is 2.21. The van der Waals surface area contributed by atoms with E-state index in [1.807, 2.05) is 37.4 Å². The number of benzene rings is 1. The van der Waals surface area contributed by atoms with Gasteiger partial charge in [-0.2, -0.15) is 0 Å². The van der Waals surface area contributed by atoms with E-state index in [2.05, 4.69) is 9.55 Å². The molecule has 1 aliphatic heterocycles. The quantitative estimate of drug-likeness (QED) is 0.914. The molecular formula is C15H18N4O. The molecule has 0 radical (unpaired) electrons. The largest absolute Gasteiger partial charge is 0.331 e. The normalized spacial score (nSPS) is 18.8. The predicted molar refractivity (Wildman–Crippen MR) is 77.5 cm³/mol. The highest BCUT2D eigenvalue weighted by molar-refractivity contribution is 5.96. The highest BCUT2D eigenvalue weighted by Gasteiger charge is 2.27. The SMILES string of the molecule is Cc1nccn1Cc1ccc(N2CC(N)CC2=O)cc1. The van der Waals surface area contributed by atoms with Crippen molar-refractivity contribution >= 4 is 11.6 Å². The first kappa shape index (κ1) is 12.9. The van der Waals surface area contributed by atoms with Crippen LogP contribution in [0.15, 0.2) is 36.7 Å².